The summed E-state index contributed by atoms with van der Waals surface area (Å²) in [6.07, 6.45) is 8.38. The number of benzene rings is 7. The lowest BCUT2D eigenvalue weighted by Gasteiger charge is -2.17. The zero-order chi connectivity index (χ0) is 75.9. The van der Waals surface area contributed by atoms with Gasteiger partial charge in [0.2, 0.25) is 0 Å². The zero-order valence-electron chi connectivity index (χ0n) is 60.7. The molecule has 7 aliphatic rings. The number of carbonyl (C=O) groups is 7. The molecular weight excluding hydrogens is 1400 g/mol. The maximum absolute atomic E-state index is 11.1. The van der Waals surface area contributed by atoms with Crippen molar-refractivity contribution < 1.29 is 81.6 Å². The molecule has 7 aromatic carbocycles. The summed E-state index contributed by atoms with van der Waals surface area (Å²) in [5.41, 5.74) is 19.1. The first-order valence-corrected chi connectivity index (χ1v) is 36.1. The van der Waals surface area contributed by atoms with E-state index in [2.05, 4.69) is 109 Å². The van der Waals surface area contributed by atoms with Crippen LogP contribution in [-0.4, -0.2) is 114 Å². The Balaban J connectivity index is 0.000000156. The summed E-state index contributed by atoms with van der Waals surface area (Å²) in [6.45, 7) is 14.9. The van der Waals surface area contributed by atoms with Gasteiger partial charge in [0.25, 0.3) is 0 Å². The van der Waals surface area contributed by atoms with E-state index in [9.17, 15) is 33.6 Å². The molecule has 4 heterocycles. The fraction of sp³-hybridized carbons (Fsp3) is 0.300. The minimum absolute atomic E-state index is 0.281. The zero-order valence-corrected chi connectivity index (χ0v) is 62.4. The summed E-state index contributed by atoms with van der Waals surface area (Å²) in [5, 5.41) is 26.9. The molecule has 7 aromatic rings. The maximum atomic E-state index is 11.1. The first-order chi connectivity index (χ1) is 51.2. The van der Waals surface area contributed by atoms with Crippen LogP contribution in [0.4, 0.5) is 0 Å². The minimum atomic E-state index is -0.429. The second-order valence-electron chi connectivity index (χ2n) is 24.0. The molecular formula is C80H83N7O17S2. The summed E-state index contributed by atoms with van der Waals surface area (Å²) in [6, 6.07) is 49.4. The number of thioether (sulfide) groups is 2. The number of nitrogens with zero attached hydrogens (tertiary/aromatic N) is 7. The monoisotopic (exact) mass is 1480 g/mol. The van der Waals surface area contributed by atoms with E-state index in [1.807, 2.05) is 121 Å². The van der Waals surface area contributed by atoms with Crippen LogP contribution in [0.25, 0.3) is 0 Å². The molecule has 0 bridgehead atoms. The average Bonchev–Trinajstić information content (AvgIpc) is 1.46. The van der Waals surface area contributed by atoms with Crippen molar-refractivity contribution in [1.29, 1.82) is 0 Å². The third-order valence-electron chi connectivity index (χ3n) is 15.9. The smallest absolute Gasteiger partial charge is 0.334 e. The van der Waals surface area contributed by atoms with Crippen LogP contribution >= 0.6 is 23.5 Å². The van der Waals surface area contributed by atoms with Gasteiger partial charge in [-0.2, -0.15) is 0 Å². The number of methoxy groups -OCH3 is 1. The average molecular weight is 1480 g/mol. The molecule has 0 amide bonds. The maximum Gasteiger partial charge on any atom is 0.334 e. The molecule has 0 radical (unpaired) electrons. The second kappa shape index (κ2) is 41.2. The molecule has 14 rings (SSSR count). The molecule has 0 unspecified atom stereocenters. The topological polar surface area (TPSA) is 298 Å². The molecule has 106 heavy (non-hydrogen) atoms. The van der Waals surface area contributed by atoms with E-state index in [0.717, 1.165) is 159 Å². The van der Waals surface area contributed by atoms with Crippen LogP contribution in [0.3, 0.4) is 0 Å². The van der Waals surface area contributed by atoms with Crippen molar-refractivity contribution in [2.75, 3.05) is 31.8 Å². The third kappa shape index (κ3) is 24.6. The first-order valence-electron chi connectivity index (χ1n) is 34.2. The lowest BCUT2D eigenvalue weighted by Crippen LogP contribution is -2.16. The Morgan fingerprint density at radius 3 is 1.37 bits per heavy atom. The highest BCUT2D eigenvalue weighted by atomic mass is 32.2. The number of ether oxygens (including phenoxy) is 3. The quantitative estimate of drug-likeness (QED) is 0.0958. The SMILES string of the molecule is CC(=O)O/N=C1\CCOc2ccccc21.CC(=O)O/N=C1\CCSc2ccccc21.CC(=O)O/N=C1\CCc2cc(C)ccc21.CC(=O)O/N=C1\COc2ccccc21.CC(=O)O/N=C1\CSc2ccccc21.CCC(=O)O/N=C1\CCCc2cc(C)ccc21.COc1cccc2c1CC/C2=N\OC(C)=O. The molecule has 24 nitrogen and oxygen atoms in total. The Morgan fingerprint density at radius 2 is 0.811 bits per heavy atom. The summed E-state index contributed by atoms with van der Waals surface area (Å²) in [5.74, 6) is 1.53. The van der Waals surface area contributed by atoms with Gasteiger partial charge >= 0.3 is 41.8 Å². The molecule has 0 fully saturated rings. The van der Waals surface area contributed by atoms with Crippen molar-refractivity contribution in [2.45, 2.75) is 136 Å². The van der Waals surface area contributed by atoms with E-state index < -0.39 is 17.9 Å². The predicted octanol–water partition coefficient (Wildman–Crippen LogP) is 14.7. The van der Waals surface area contributed by atoms with Crippen molar-refractivity contribution in [3.05, 3.63) is 218 Å². The molecule has 4 aliphatic heterocycles. The number of rotatable bonds is 9. The normalized spacial score (nSPS) is 16.6. The molecule has 552 valence electrons. The van der Waals surface area contributed by atoms with Gasteiger partial charge in [0.15, 0.2) is 0 Å². The van der Waals surface area contributed by atoms with Gasteiger partial charge < -0.3 is 48.1 Å². The first kappa shape index (κ1) is 80.3. The third-order valence-corrected chi connectivity index (χ3v) is 18.0. The minimum Gasteiger partial charge on any atom is -0.496 e. The Bertz CT molecular complexity index is 4420. The van der Waals surface area contributed by atoms with Crippen molar-refractivity contribution in [2.24, 2.45) is 36.1 Å². The highest BCUT2D eigenvalue weighted by Crippen LogP contribution is 2.34. The lowest BCUT2D eigenvalue weighted by atomic mass is 9.89. The number of hydrogen-bond acceptors (Lipinski definition) is 26. The van der Waals surface area contributed by atoms with Crippen molar-refractivity contribution in [1.82, 2.24) is 0 Å². The molecule has 0 saturated heterocycles. The van der Waals surface area contributed by atoms with E-state index >= 15 is 0 Å². The van der Waals surface area contributed by atoms with E-state index in [1.54, 1.807) is 37.6 Å². The van der Waals surface area contributed by atoms with Gasteiger partial charge in [-0.1, -0.05) is 163 Å². The van der Waals surface area contributed by atoms with E-state index in [-0.39, 0.29) is 23.9 Å². The van der Waals surface area contributed by atoms with Crippen LogP contribution in [0.1, 0.15) is 160 Å². The number of para-hydroxylation sites is 2. The van der Waals surface area contributed by atoms with Gasteiger partial charge in [-0.25, -0.2) is 33.6 Å². The van der Waals surface area contributed by atoms with Crippen LogP contribution in [0, 0.1) is 13.8 Å². The molecule has 0 aromatic heterocycles. The van der Waals surface area contributed by atoms with Gasteiger partial charge in [0, 0.05) is 127 Å². The molecule has 0 spiro atoms. The van der Waals surface area contributed by atoms with E-state index in [1.165, 1.54) is 73.6 Å². The van der Waals surface area contributed by atoms with Gasteiger partial charge in [-0.3, -0.25) is 0 Å². The van der Waals surface area contributed by atoms with E-state index in [4.69, 9.17) is 19.0 Å². The Labute approximate surface area is 623 Å². The number of fused-ring (bicyclic) bond motifs is 7. The Morgan fingerprint density at radius 1 is 0.387 bits per heavy atom. The van der Waals surface area contributed by atoms with Crippen LogP contribution in [-0.2, 0) is 86.7 Å². The highest BCUT2D eigenvalue weighted by molar-refractivity contribution is 8.00. The summed E-state index contributed by atoms with van der Waals surface area (Å²) < 4.78 is 16.0. The fourth-order valence-corrected chi connectivity index (χ4v) is 13.2. The second-order valence-corrected chi connectivity index (χ2v) is 26.2. The standard InChI is InChI=1S/C14H17NO2.C12H13NO3.C12H13NO2.C11H11NO3.C11H11NO2S.C10H9NO3.C10H9NO2S/c1-3-14(16)17-15-13-6-4-5-11-9-10(2)7-8-12(11)13;1-8(14)16-13-11-7-6-10-9(11)4-3-5-12(10)15-2;1-8-3-5-11-10(7-8)4-6-12(11)13-15-9(2)14;1-8(13)15-12-10-6-7-14-11-5-3-2-4-9(10)11;1-8(13)14-12-10-6-7-15-11-5-3-2-4-9(10)11;1-7(12)14-11-9-6-13-10-5-3-2-4-8(9)10;1-7(12)13-11-9-6-14-10-5-3-2-4-8(9)10/h7-9H,3-6H2,1-2H3;3-5H,6-7H2,1-2H3;3,5,7H,4,6H2,1-2H3;2*2-5H,6-7H2,1H3;2*2-5H,6H2,1H3/b15-13+;13-11+;13-12+;2*12-10+;2*11-9+. The van der Waals surface area contributed by atoms with Crippen molar-refractivity contribution >= 4 is 105 Å². The van der Waals surface area contributed by atoms with Crippen LogP contribution in [0.5, 0.6) is 17.2 Å². The van der Waals surface area contributed by atoms with Gasteiger partial charge in [-0.15, -0.1) is 23.5 Å². The predicted molar refractivity (Wildman–Crippen MR) is 405 cm³/mol. The Hall–Kier alpha value is -11.4. The summed E-state index contributed by atoms with van der Waals surface area (Å²) >= 11 is 3.51. The van der Waals surface area contributed by atoms with Crippen LogP contribution in [0.2, 0.25) is 0 Å². The van der Waals surface area contributed by atoms with Gasteiger partial charge in [-0.05, 0) is 112 Å². The number of carbonyl (C=O) groups excluding carboxylic acids is 7. The molecule has 0 saturated carbocycles. The van der Waals surface area contributed by atoms with Crippen molar-refractivity contribution in [3.63, 3.8) is 0 Å². The summed E-state index contributed by atoms with van der Waals surface area (Å²) in [7, 11) is 1.65. The van der Waals surface area contributed by atoms with Gasteiger partial charge in [0.1, 0.15) is 29.6 Å². The molecule has 0 N–H and O–H groups in total. The fourth-order valence-electron chi connectivity index (χ4n) is 11.1. The molecule has 26 heteroatoms. The van der Waals surface area contributed by atoms with Crippen LogP contribution in [0.15, 0.2) is 198 Å². The van der Waals surface area contributed by atoms with Crippen molar-refractivity contribution in [3.8, 4) is 17.2 Å². The largest absolute Gasteiger partial charge is 0.496 e. The Kier molecular flexibility index (Phi) is 31.2. The van der Waals surface area contributed by atoms with Gasteiger partial charge in [0.05, 0.1) is 48.0 Å². The highest BCUT2D eigenvalue weighted by Gasteiger charge is 2.25. The number of oxime groups is 7. The lowest BCUT2D eigenvalue weighted by molar-refractivity contribution is -0.143. The number of aryl methyl sites for hydroxylation is 4. The van der Waals surface area contributed by atoms with Crippen LogP contribution < -0.4 is 14.2 Å². The van der Waals surface area contributed by atoms with E-state index in [0.29, 0.717) is 31.8 Å². The molecule has 0 atom stereocenters. The number of hydrogen-bond donors (Lipinski definition) is 0. The summed E-state index contributed by atoms with van der Waals surface area (Å²) in [4.78, 5) is 110. The molecule has 3 aliphatic carbocycles.